The van der Waals surface area contributed by atoms with Gasteiger partial charge in [0.25, 0.3) is 5.09 Å². The summed E-state index contributed by atoms with van der Waals surface area (Å²) < 4.78 is 21.2. The van der Waals surface area contributed by atoms with Crippen LogP contribution in [0.5, 0.6) is 23.0 Å². The topological polar surface area (TPSA) is 130 Å². The van der Waals surface area contributed by atoms with Crippen LogP contribution in [0.25, 0.3) is 10.8 Å². The predicted molar refractivity (Wildman–Crippen MR) is 107 cm³/mol. The fourth-order valence-electron chi connectivity index (χ4n) is 2.83. The highest BCUT2D eigenvalue weighted by Crippen LogP contribution is 2.39. The van der Waals surface area contributed by atoms with Crippen molar-refractivity contribution in [1.29, 1.82) is 0 Å². The molecular formula is C20H20N2O8. The van der Waals surface area contributed by atoms with Gasteiger partial charge < -0.3 is 24.2 Å². The Morgan fingerprint density at radius 2 is 1.57 bits per heavy atom. The van der Waals surface area contributed by atoms with Gasteiger partial charge in [0.05, 0.1) is 28.4 Å². The SMILES string of the molecule is COc1ccc2c(C(=O)c3cc(OC)c(OC)c(OC)c3)cncc2c1.O=[N+]([O-])O. The van der Waals surface area contributed by atoms with Crippen molar-refractivity contribution in [1.82, 2.24) is 4.98 Å². The van der Waals surface area contributed by atoms with Crippen molar-refractivity contribution < 1.29 is 34.0 Å². The Kier molecular flexibility index (Phi) is 7.34. The summed E-state index contributed by atoms with van der Waals surface area (Å²) in [5, 5.41) is 15.3. The van der Waals surface area contributed by atoms with Crippen molar-refractivity contribution >= 4 is 16.6 Å². The maximum absolute atomic E-state index is 13.1. The molecule has 3 aromatic rings. The van der Waals surface area contributed by atoms with Gasteiger partial charge in [-0.3, -0.25) is 9.78 Å². The number of benzene rings is 2. The van der Waals surface area contributed by atoms with Crippen molar-refractivity contribution in [2.75, 3.05) is 28.4 Å². The smallest absolute Gasteiger partial charge is 0.291 e. The Morgan fingerprint density at radius 3 is 2.07 bits per heavy atom. The third-order valence-electron chi connectivity index (χ3n) is 4.14. The maximum atomic E-state index is 13.1. The van der Waals surface area contributed by atoms with Crippen LogP contribution in [-0.4, -0.2) is 49.5 Å². The largest absolute Gasteiger partial charge is 0.497 e. The number of carbonyl (C=O) groups excluding carboxylic acids is 1. The molecule has 158 valence electrons. The van der Waals surface area contributed by atoms with Crippen LogP contribution in [0, 0.1) is 10.1 Å². The lowest BCUT2D eigenvalue weighted by atomic mass is 9.99. The van der Waals surface area contributed by atoms with E-state index >= 15 is 0 Å². The van der Waals surface area contributed by atoms with E-state index in [1.165, 1.54) is 21.3 Å². The molecule has 3 rings (SSSR count). The van der Waals surface area contributed by atoms with Gasteiger partial charge in [0.1, 0.15) is 5.75 Å². The number of rotatable bonds is 6. The molecule has 0 bridgehead atoms. The quantitative estimate of drug-likeness (QED) is 0.366. The number of ether oxygens (including phenoxy) is 4. The summed E-state index contributed by atoms with van der Waals surface area (Å²) in [4.78, 5) is 25.7. The molecule has 0 unspecified atom stereocenters. The number of ketones is 1. The zero-order chi connectivity index (χ0) is 22.3. The fourth-order valence-corrected chi connectivity index (χ4v) is 2.83. The summed E-state index contributed by atoms with van der Waals surface area (Å²) in [6.07, 6.45) is 3.25. The van der Waals surface area contributed by atoms with E-state index in [0.717, 1.165) is 10.8 Å². The van der Waals surface area contributed by atoms with Crippen molar-refractivity contribution in [2.45, 2.75) is 0 Å². The number of hydrogen-bond donors (Lipinski definition) is 1. The van der Waals surface area contributed by atoms with Crippen LogP contribution in [0.2, 0.25) is 0 Å². The number of carbonyl (C=O) groups is 1. The van der Waals surface area contributed by atoms with Gasteiger partial charge in [0.15, 0.2) is 17.3 Å². The normalized spacial score (nSPS) is 9.87. The molecular weight excluding hydrogens is 396 g/mol. The number of pyridine rings is 1. The molecule has 0 fully saturated rings. The maximum Gasteiger partial charge on any atom is 0.291 e. The van der Waals surface area contributed by atoms with Gasteiger partial charge in [-0.15, -0.1) is 10.1 Å². The van der Waals surface area contributed by atoms with Crippen molar-refractivity contribution in [3.05, 3.63) is 64.0 Å². The molecule has 10 heteroatoms. The van der Waals surface area contributed by atoms with Gasteiger partial charge in [0, 0.05) is 28.9 Å². The summed E-state index contributed by atoms with van der Waals surface area (Å²) in [7, 11) is 6.14. The molecule has 10 nitrogen and oxygen atoms in total. The Labute approximate surface area is 171 Å². The van der Waals surface area contributed by atoms with E-state index in [1.54, 1.807) is 31.6 Å². The minimum atomic E-state index is -1.50. The van der Waals surface area contributed by atoms with E-state index < -0.39 is 5.09 Å². The van der Waals surface area contributed by atoms with Crippen molar-refractivity contribution in [3.63, 3.8) is 0 Å². The summed E-state index contributed by atoms with van der Waals surface area (Å²) >= 11 is 0. The van der Waals surface area contributed by atoms with E-state index in [0.29, 0.717) is 34.1 Å². The van der Waals surface area contributed by atoms with Gasteiger partial charge in [-0.05, 0) is 35.7 Å². The monoisotopic (exact) mass is 416 g/mol. The van der Waals surface area contributed by atoms with Crippen LogP contribution < -0.4 is 18.9 Å². The zero-order valence-corrected chi connectivity index (χ0v) is 16.7. The van der Waals surface area contributed by atoms with Crippen LogP contribution in [0.1, 0.15) is 15.9 Å². The molecule has 0 saturated heterocycles. The second kappa shape index (κ2) is 9.92. The lowest BCUT2D eigenvalue weighted by molar-refractivity contribution is -0.742. The molecule has 0 aliphatic rings. The van der Waals surface area contributed by atoms with E-state index in [1.807, 2.05) is 18.2 Å². The molecule has 0 radical (unpaired) electrons. The van der Waals surface area contributed by atoms with Crippen LogP contribution in [0.4, 0.5) is 0 Å². The van der Waals surface area contributed by atoms with Crippen LogP contribution in [-0.2, 0) is 0 Å². The first kappa shape index (κ1) is 22.2. The summed E-state index contributed by atoms with van der Waals surface area (Å²) in [5.41, 5.74) is 0.907. The summed E-state index contributed by atoms with van der Waals surface area (Å²) in [6.45, 7) is 0. The van der Waals surface area contributed by atoms with Gasteiger partial charge in [0.2, 0.25) is 5.75 Å². The zero-order valence-electron chi connectivity index (χ0n) is 16.7. The lowest BCUT2D eigenvalue weighted by Crippen LogP contribution is -2.05. The minimum Gasteiger partial charge on any atom is -0.497 e. The molecule has 0 aliphatic carbocycles. The molecule has 2 aromatic carbocycles. The molecule has 1 heterocycles. The summed E-state index contributed by atoms with van der Waals surface area (Å²) in [6, 6.07) is 8.77. The Bertz CT molecular complexity index is 1040. The van der Waals surface area contributed by atoms with E-state index in [2.05, 4.69) is 4.98 Å². The Hall–Kier alpha value is -4.08. The third-order valence-corrected chi connectivity index (χ3v) is 4.14. The highest BCUT2D eigenvalue weighted by molar-refractivity contribution is 6.16. The number of methoxy groups -OCH3 is 4. The van der Waals surface area contributed by atoms with E-state index in [9.17, 15) is 4.79 Å². The van der Waals surface area contributed by atoms with Crippen molar-refractivity contribution in [3.8, 4) is 23.0 Å². The first-order valence-corrected chi connectivity index (χ1v) is 8.46. The standard InChI is InChI=1S/C20H19NO5.HNO3/c1-23-14-5-6-15-13(7-14)10-21-11-16(15)19(22)12-8-17(24-2)20(26-4)18(9-12)25-3;2-1(3)4/h5-11H,1-4H3;(H,2,3,4). The Balaban J connectivity index is 0.000000735. The Morgan fingerprint density at radius 1 is 0.967 bits per heavy atom. The predicted octanol–water partition coefficient (Wildman–Crippen LogP) is 3.15. The molecule has 0 spiro atoms. The number of fused-ring (bicyclic) bond motifs is 1. The fraction of sp³-hybridized carbons (Fsp3) is 0.200. The minimum absolute atomic E-state index is 0.187. The molecule has 0 saturated carbocycles. The third kappa shape index (κ3) is 4.85. The molecule has 30 heavy (non-hydrogen) atoms. The van der Waals surface area contributed by atoms with Gasteiger partial charge >= 0.3 is 0 Å². The van der Waals surface area contributed by atoms with E-state index in [-0.39, 0.29) is 5.78 Å². The van der Waals surface area contributed by atoms with Crippen molar-refractivity contribution in [2.24, 2.45) is 0 Å². The number of aromatic nitrogens is 1. The first-order valence-electron chi connectivity index (χ1n) is 8.46. The highest BCUT2D eigenvalue weighted by Gasteiger charge is 2.19. The first-order chi connectivity index (χ1) is 14.4. The van der Waals surface area contributed by atoms with Crippen LogP contribution in [0.3, 0.4) is 0 Å². The number of nitrogens with zero attached hydrogens (tertiary/aromatic N) is 2. The number of hydrogen-bond acceptors (Lipinski definition) is 8. The average molecular weight is 416 g/mol. The average Bonchev–Trinajstić information content (AvgIpc) is 2.76. The molecule has 0 atom stereocenters. The van der Waals surface area contributed by atoms with Gasteiger partial charge in [-0.1, -0.05) is 0 Å². The van der Waals surface area contributed by atoms with Gasteiger partial charge in [-0.2, -0.15) is 0 Å². The highest BCUT2D eigenvalue weighted by atomic mass is 16.9. The van der Waals surface area contributed by atoms with E-state index in [4.69, 9.17) is 34.3 Å². The molecule has 0 aliphatic heterocycles. The van der Waals surface area contributed by atoms with Gasteiger partial charge in [-0.25, -0.2) is 0 Å². The second-order valence-corrected chi connectivity index (χ2v) is 5.76. The molecule has 1 N–H and O–H groups in total. The lowest BCUT2D eigenvalue weighted by Gasteiger charge is -2.14. The van der Waals surface area contributed by atoms with Crippen LogP contribution >= 0.6 is 0 Å². The van der Waals surface area contributed by atoms with Crippen LogP contribution in [0.15, 0.2) is 42.7 Å². The second-order valence-electron chi connectivity index (χ2n) is 5.76. The molecule has 1 aromatic heterocycles. The summed E-state index contributed by atoms with van der Waals surface area (Å²) in [5.74, 6) is 1.80. The molecule has 0 amide bonds.